The van der Waals surface area contributed by atoms with Gasteiger partial charge in [-0.2, -0.15) is 0 Å². The molecule has 7 heteroatoms. The molecule has 1 fully saturated rings. The number of H-pyrrole nitrogens is 1. The van der Waals surface area contributed by atoms with Crippen molar-refractivity contribution >= 4 is 28.8 Å². The van der Waals surface area contributed by atoms with Crippen LogP contribution in [0.4, 0.5) is 4.79 Å². The van der Waals surface area contributed by atoms with E-state index in [1.165, 1.54) is 6.92 Å². The molecule has 132 valence electrons. The van der Waals surface area contributed by atoms with Crippen LogP contribution in [0.5, 0.6) is 0 Å². The molecule has 1 saturated carbocycles. The molecular weight excluding hydrogens is 322 g/mol. The number of aromatic amines is 1. The average Bonchev–Trinajstić information content (AvgIpc) is 3.23. The number of para-hydroxylation sites is 1. The smallest absolute Gasteiger partial charge is 0.341 e. The van der Waals surface area contributed by atoms with E-state index in [0.717, 1.165) is 36.6 Å². The van der Waals surface area contributed by atoms with Gasteiger partial charge in [0.15, 0.2) is 6.10 Å². The highest BCUT2D eigenvalue weighted by Gasteiger charge is 2.24. The van der Waals surface area contributed by atoms with E-state index in [9.17, 15) is 14.4 Å². The highest BCUT2D eigenvalue weighted by atomic mass is 16.5. The van der Waals surface area contributed by atoms with E-state index in [-0.39, 0.29) is 6.04 Å². The van der Waals surface area contributed by atoms with Gasteiger partial charge in [-0.3, -0.25) is 10.1 Å². The van der Waals surface area contributed by atoms with Gasteiger partial charge in [0.2, 0.25) is 0 Å². The van der Waals surface area contributed by atoms with Crippen LogP contribution in [0.2, 0.25) is 0 Å². The predicted octanol–water partition coefficient (Wildman–Crippen LogP) is 2.48. The van der Waals surface area contributed by atoms with Gasteiger partial charge < -0.3 is 15.0 Å². The van der Waals surface area contributed by atoms with Crippen LogP contribution in [0.25, 0.3) is 10.9 Å². The summed E-state index contributed by atoms with van der Waals surface area (Å²) in [5, 5.41) is 5.70. The summed E-state index contributed by atoms with van der Waals surface area (Å²) < 4.78 is 5.18. The quantitative estimate of drug-likeness (QED) is 0.743. The number of ether oxygens (including phenoxy) is 1. The molecule has 0 saturated heterocycles. The van der Waals surface area contributed by atoms with Crippen molar-refractivity contribution in [1.29, 1.82) is 0 Å². The summed E-state index contributed by atoms with van der Waals surface area (Å²) in [6, 6.07) is 6.87. The number of carbonyl (C=O) groups excluding carboxylic acids is 3. The Morgan fingerprint density at radius 1 is 1.20 bits per heavy atom. The van der Waals surface area contributed by atoms with Gasteiger partial charge in [-0.25, -0.2) is 9.59 Å². The fourth-order valence-corrected chi connectivity index (χ4v) is 3.02. The van der Waals surface area contributed by atoms with Crippen molar-refractivity contribution in [3.63, 3.8) is 0 Å². The first-order valence-corrected chi connectivity index (χ1v) is 8.43. The summed E-state index contributed by atoms with van der Waals surface area (Å²) in [6.45, 7) is 1.44. The second kappa shape index (κ2) is 7.38. The Kier molecular flexibility index (Phi) is 5.02. The molecule has 0 bridgehead atoms. The van der Waals surface area contributed by atoms with Crippen LogP contribution >= 0.6 is 0 Å². The highest BCUT2D eigenvalue weighted by molar-refractivity contribution is 6.05. The Morgan fingerprint density at radius 2 is 1.92 bits per heavy atom. The normalized spacial score (nSPS) is 15.7. The molecule has 0 aliphatic heterocycles. The first kappa shape index (κ1) is 17.0. The van der Waals surface area contributed by atoms with Crippen molar-refractivity contribution in [2.24, 2.45) is 0 Å². The molecule has 0 spiro atoms. The molecule has 1 aromatic carbocycles. The predicted molar refractivity (Wildman–Crippen MR) is 92.1 cm³/mol. The summed E-state index contributed by atoms with van der Waals surface area (Å²) in [7, 11) is 0. The monoisotopic (exact) mass is 343 g/mol. The number of hydrogen-bond donors (Lipinski definition) is 3. The summed E-state index contributed by atoms with van der Waals surface area (Å²) in [6.07, 6.45) is 4.48. The van der Waals surface area contributed by atoms with Crippen LogP contribution in [0.3, 0.4) is 0 Å². The van der Waals surface area contributed by atoms with Gasteiger partial charge in [0, 0.05) is 23.1 Å². The number of fused-ring (bicyclic) bond motifs is 1. The number of nitrogens with one attached hydrogen (secondary N) is 3. The zero-order valence-corrected chi connectivity index (χ0v) is 14.0. The van der Waals surface area contributed by atoms with Gasteiger partial charge in [0.25, 0.3) is 5.91 Å². The SMILES string of the molecule is C[C@@H](OC(=O)c1c[nH]c2ccccc12)C(=O)NC(=O)NC1CCCC1. The van der Waals surface area contributed by atoms with Crippen molar-refractivity contribution in [2.75, 3.05) is 0 Å². The second-order valence-corrected chi connectivity index (χ2v) is 6.24. The van der Waals surface area contributed by atoms with Crippen molar-refractivity contribution < 1.29 is 19.1 Å². The summed E-state index contributed by atoms with van der Waals surface area (Å²) in [5.41, 5.74) is 1.16. The van der Waals surface area contributed by atoms with Crippen LogP contribution < -0.4 is 10.6 Å². The Labute approximate surface area is 145 Å². The van der Waals surface area contributed by atoms with Crippen molar-refractivity contribution in [2.45, 2.75) is 44.8 Å². The van der Waals surface area contributed by atoms with E-state index < -0.39 is 24.0 Å². The van der Waals surface area contributed by atoms with Gasteiger partial charge in [0.05, 0.1) is 5.56 Å². The van der Waals surface area contributed by atoms with Crippen molar-refractivity contribution in [1.82, 2.24) is 15.6 Å². The van der Waals surface area contributed by atoms with E-state index in [4.69, 9.17) is 4.74 Å². The molecule has 3 N–H and O–H groups in total. The third kappa shape index (κ3) is 3.99. The molecule has 0 radical (unpaired) electrons. The Morgan fingerprint density at radius 3 is 2.68 bits per heavy atom. The molecule has 3 amide bonds. The first-order valence-electron chi connectivity index (χ1n) is 8.43. The number of benzene rings is 1. The lowest BCUT2D eigenvalue weighted by Crippen LogP contribution is -2.47. The van der Waals surface area contributed by atoms with Crippen LogP contribution in [0, 0.1) is 0 Å². The van der Waals surface area contributed by atoms with Gasteiger partial charge in [0.1, 0.15) is 0 Å². The second-order valence-electron chi connectivity index (χ2n) is 6.24. The lowest BCUT2D eigenvalue weighted by molar-refractivity contribution is -0.127. The summed E-state index contributed by atoms with van der Waals surface area (Å²) >= 11 is 0. The van der Waals surface area contributed by atoms with Gasteiger partial charge in [-0.05, 0) is 25.8 Å². The minimum atomic E-state index is -1.07. The van der Waals surface area contributed by atoms with Gasteiger partial charge >= 0.3 is 12.0 Å². The van der Waals surface area contributed by atoms with Crippen molar-refractivity contribution in [3.8, 4) is 0 Å². The highest BCUT2D eigenvalue weighted by Crippen LogP contribution is 2.19. The molecule has 0 unspecified atom stereocenters. The Bertz CT molecular complexity index is 792. The van der Waals surface area contributed by atoms with E-state index in [0.29, 0.717) is 5.56 Å². The maximum atomic E-state index is 12.3. The zero-order chi connectivity index (χ0) is 17.8. The van der Waals surface area contributed by atoms with Gasteiger partial charge in [-0.15, -0.1) is 0 Å². The minimum absolute atomic E-state index is 0.108. The molecule has 25 heavy (non-hydrogen) atoms. The maximum absolute atomic E-state index is 12.3. The lowest BCUT2D eigenvalue weighted by Gasteiger charge is -2.15. The van der Waals surface area contributed by atoms with E-state index >= 15 is 0 Å². The van der Waals surface area contributed by atoms with Crippen LogP contribution in [0.15, 0.2) is 30.5 Å². The van der Waals surface area contributed by atoms with Crippen LogP contribution in [-0.2, 0) is 9.53 Å². The number of urea groups is 1. The largest absolute Gasteiger partial charge is 0.449 e. The number of amides is 3. The molecule has 1 aliphatic carbocycles. The average molecular weight is 343 g/mol. The van der Waals surface area contributed by atoms with Crippen molar-refractivity contribution in [3.05, 3.63) is 36.0 Å². The van der Waals surface area contributed by atoms with E-state index in [1.54, 1.807) is 12.3 Å². The molecule has 7 nitrogen and oxygen atoms in total. The fraction of sp³-hybridized carbons (Fsp3) is 0.389. The lowest BCUT2D eigenvalue weighted by atomic mass is 10.2. The molecule has 3 rings (SSSR count). The topological polar surface area (TPSA) is 100 Å². The molecule has 1 aromatic heterocycles. The zero-order valence-electron chi connectivity index (χ0n) is 14.0. The minimum Gasteiger partial charge on any atom is -0.449 e. The number of esters is 1. The number of rotatable bonds is 4. The number of aromatic nitrogens is 1. The van der Waals surface area contributed by atoms with Crippen LogP contribution in [0.1, 0.15) is 43.0 Å². The third-order valence-electron chi connectivity index (χ3n) is 4.39. The van der Waals surface area contributed by atoms with E-state index in [1.807, 2.05) is 18.2 Å². The number of hydrogen-bond acceptors (Lipinski definition) is 4. The Balaban J connectivity index is 1.55. The molecule has 1 atom stereocenters. The first-order chi connectivity index (χ1) is 12.0. The fourth-order valence-electron chi connectivity index (χ4n) is 3.02. The summed E-state index contributed by atoms with van der Waals surface area (Å²) in [5.74, 6) is -1.26. The maximum Gasteiger partial charge on any atom is 0.341 e. The Hall–Kier alpha value is -2.83. The molecule has 1 heterocycles. The van der Waals surface area contributed by atoms with E-state index in [2.05, 4.69) is 15.6 Å². The number of imide groups is 1. The van der Waals surface area contributed by atoms with Crippen LogP contribution in [-0.4, -0.2) is 35.0 Å². The molecule has 1 aliphatic rings. The third-order valence-corrected chi connectivity index (χ3v) is 4.39. The summed E-state index contributed by atoms with van der Waals surface area (Å²) in [4.78, 5) is 39.1. The molecule has 2 aromatic rings. The number of carbonyl (C=O) groups is 3. The van der Waals surface area contributed by atoms with Gasteiger partial charge in [-0.1, -0.05) is 31.0 Å². The molecular formula is C18H21N3O4. The standard InChI is InChI=1S/C18H21N3O4/c1-11(16(22)21-18(24)20-12-6-2-3-7-12)25-17(23)14-10-19-15-9-5-4-8-13(14)15/h4-5,8-12,19H,2-3,6-7H2,1H3,(H2,20,21,22,24)/t11-/m1/s1.